The minimum atomic E-state index is -0.347. The van der Waals surface area contributed by atoms with Gasteiger partial charge in [-0.15, -0.1) is 0 Å². The zero-order valence-electron chi connectivity index (χ0n) is 10.6. The summed E-state index contributed by atoms with van der Waals surface area (Å²) in [5, 5.41) is 7.79. The first-order valence-corrected chi connectivity index (χ1v) is 6.27. The van der Waals surface area contributed by atoms with Crippen LogP contribution in [0.3, 0.4) is 0 Å². The van der Waals surface area contributed by atoms with E-state index in [2.05, 4.69) is 10.4 Å². The lowest BCUT2D eigenvalue weighted by Gasteiger charge is -2.36. The first kappa shape index (κ1) is 11.7. The zero-order chi connectivity index (χ0) is 12.7. The van der Waals surface area contributed by atoms with Crippen LogP contribution in [0.2, 0.25) is 0 Å². The largest absolute Gasteiger partial charge is 0.461 e. The number of carbonyl (C=O) groups is 1. The van der Waals surface area contributed by atoms with E-state index >= 15 is 0 Å². The molecule has 1 aromatic heterocycles. The van der Waals surface area contributed by atoms with Crippen LogP contribution in [0, 0.1) is 0 Å². The minimum absolute atomic E-state index is 0.0561. The fourth-order valence-corrected chi connectivity index (χ4v) is 2.76. The Balaban J connectivity index is 2.03. The first-order valence-electron chi connectivity index (χ1n) is 6.27. The van der Waals surface area contributed by atoms with Crippen molar-refractivity contribution in [3.8, 4) is 0 Å². The molecule has 3 heterocycles. The molecule has 6 heteroatoms. The Morgan fingerprint density at radius 1 is 1.61 bits per heavy atom. The molecule has 2 aliphatic heterocycles. The van der Waals surface area contributed by atoms with Crippen molar-refractivity contribution in [3.05, 3.63) is 17.0 Å². The quantitative estimate of drug-likeness (QED) is 0.760. The average molecular weight is 251 g/mol. The van der Waals surface area contributed by atoms with E-state index in [1.54, 1.807) is 11.6 Å². The highest BCUT2D eigenvalue weighted by Gasteiger charge is 2.37. The maximum Gasteiger partial charge on any atom is 0.359 e. The smallest absolute Gasteiger partial charge is 0.359 e. The van der Waals surface area contributed by atoms with Gasteiger partial charge in [0.05, 0.1) is 25.9 Å². The Morgan fingerprint density at radius 2 is 2.44 bits per heavy atom. The number of carbonyl (C=O) groups excluding carboxylic acids is 1. The minimum Gasteiger partial charge on any atom is -0.461 e. The highest BCUT2D eigenvalue weighted by atomic mass is 16.5. The summed E-state index contributed by atoms with van der Waals surface area (Å²) in [7, 11) is 1.88. The lowest BCUT2D eigenvalue weighted by Crippen LogP contribution is -2.49. The van der Waals surface area contributed by atoms with Crippen LogP contribution >= 0.6 is 0 Å². The molecule has 0 aromatic carbocycles. The molecule has 0 saturated carbocycles. The predicted octanol–water partition coefficient (Wildman–Crippen LogP) is 0.182. The van der Waals surface area contributed by atoms with Crippen LogP contribution in [-0.4, -0.2) is 41.6 Å². The molecule has 0 radical (unpaired) electrons. The molecule has 0 spiro atoms. The lowest BCUT2D eigenvalue weighted by molar-refractivity contribution is 0.0364. The number of nitrogens with zero attached hydrogens (tertiary/aromatic N) is 2. The summed E-state index contributed by atoms with van der Waals surface area (Å²) in [5.74, 6) is -0.347. The number of aromatic nitrogens is 2. The molecular formula is C12H17N3O3. The van der Waals surface area contributed by atoms with Crippen molar-refractivity contribution in [2.75, 3.05) is 19.8 Å². The molecule has 1 aromatic rings. The molecule has 2 bridgehead atoms. The lowest BCUT2D eigenvalue weighted by atomic mass is 9.93. The molecule has 2 atom stereocenters. The molecule has 6 nitrogen and oxygen atoms in total. The number of hydrogen-bond donors (Lipinski definition) is 1. The van der Waals surface area contributed by atoms with Crippen molar-refractivity contribution in [1.82, 2.24) is 15.1 Å². The number of fused-ring (bicyclic) bond motifs is 4. The highest BCUT2D eigenvalue weighted by Crippen LogP contribution is 2.31. The Kier molecular flexibility index (Phi) is 2.83. The van der Waals surface area contributed by atoms with Crippen LogP contribution < -0.4 is 5.32 Å². The van der Waals surface area contributed by atoms with Gasteiger partial charge in [-0.2, -0.15) is 5.10 Å². The van der Waals surface area contributed by atoms with Gasteiger partial charge in [-0.3, -0.25) is 4.68 Å². The van der Waals surface area contributed by atoms with Crippen molar-refractivity contribution in [1.29, 1.82) is 0 Å². The molecule has 18 heavy (non-hydrogen) atoms. The van der Waals surface area contributed by atoms with Gasteiger partial charge >= 0.3 is 5.97 Å². The Labute approximate surface area is 105 Å². The van der Waals surface area contributed by atoms with Gasteiger partial charge in [0.15, 0.2) is 5.69 Å². The van der Waals surface area contributed by atoms with Crippen LogP contribution in [0.4, 0.5) is 0 Å². The second kappa shape index (κ2) is 4.37. The van der Waals surface area contributed by atoms with Gasteiger partial charge in [0.1, 0.15) is 0 Å². The molecule has 2 aliphatic rings. The molecule has 3 rings (SSSR count). The van der Waals surface area contributed by atoms with E-state index in [0.29, 0.717) is 24.9 Å². The van der Waals surface area contributed by atoms with Crippen LogP contribution in [0.5, 0.6) is 0 Å². The summed E-state index contributed by atoms with van der Waals surface area (Å²) in [5.41, 5.74) is 2.50. The highest BCUT2D eigenvalue weighted by molar-refractivity contribution is 5.89. The van der Waals surface area contributed by atoms with E-state index in [-0.39, 0.29) is 12.0 Å². The molecular weight excluding hydrogens is 234 g/mol. The van der Waals surface area contributed by atoms with Gasteiger partial charge < -0.3 is 14.8 Å². The van der Waals surface area contributed by atoms with E-state index in [0.717, 1.165) is 24.3 Å². The number of esters is 1. The molecule has 1 saturated heterocycles. The Hall–Kier alpha value is -1.40. The van der Waals surface area contributed by atoms with Gasteiger partial charge in [-0.1, -0.05) is 0 Å². The van der Waals surface area contributed by atoms with Crippen molar-refractivity contribution in [2.45, 2.75) is 25.4 Å². The van der Waals surface area contributed by atoms with E-state index in [1.165, 1.54) is 0 Å². The van der Waals surface area contributed by atoms with Gasteiger partial charge in [0.2, 0.25) is 0 Å². The summed E-state index contributed by atoms with van der Waals surface area (Å²) in [4.78, 5) is 11.9. The van der Waals surface area contributed by atoms with Crippen LogP contribution in [-0.2, 0) is 22.9 Å². The molecule has 98 valence electrons. The molecule has 0 amide bonds. The Bertz CT molecular complexity index is 483. The normalized spacial score (nSPS) is 25.7. The summed E-state index contributed by atoms with van der Waals surface area (Å²) < 4.78 is 12.4. The number of rotatable bonds is 2. The van der Waals surface area contributed by atoms with E-state index in [4.69, 9.17) is 9.47 Å². The second-order valence-corrected chi connectivity index (χ2v) is 4.71. The maximum absolute atomic E-state index is 11.9. The van der Waals surface area contributed by atoms with Gasteiger partial charge in [0.25, 0.3) is 0 Å². The summed E-state index contributed by atoms with van der Waals surface area (Å²) in [6.45, 7) is 3.46. The summed E-state index contributed by atoms with van der Waals surface area (Å²) >= 11 is 0. The van der Waals surface area contributed by atoms with Crippen molar-refractivity contribution >= 4 is 5.97 Å². The fraction of sp³-hybridized carbons (Fsp3) is 0.667. The first-order chi connectivity index (χ1) is 8.70. The van der Waals surface area contributed by atoms with Gasteiger partial charge in [-0.05, 0) is 6.92 Å². The van der Waals surface area contributed by atoms with Gasteiger partial charge in [0, 0.05) is 30.8 Å². The molecule has 0 unspecified atom stereocenters. The third kappa shape index (κ3) is 1.72. The molecule has 1 N–H and O–H groups in total. The SMILES string of the molecule is CCOC(=O)c1nn(C)c2c1[C@H]1COC[C@@H](C2)N1. The van der Waals surface area contributed by atoms with E-state index in [9.17, 15) is 4.79 Å². The number of nitrogens with one attached hydrogen (secondary N) is 1. The van der Waals surface area contributed by atoms with Crippen LogP contribution in [0.1, 0.15) is 34.7 Å². The topological polar surface area (TPSA) is 65.4 Å². The third-order valence-electron chi connectivity index (χ3n) is 3.50. The number of morpholine rings is 1. The van der Waals surface area contributed by atoms with E-state index < -0.39 is 0 Å². The van der Waals surface area contributed by atoms with Crippen LogP contribution in [0.25, 0.3) is 0 Å². The zero-order valence-corrected chi connectivity index (χ0v) is 10.6. The molecule has 1 fully saturated rings. The van der Waals surface area contributed by atoms with Crippen molar-refractivity contribution in [3.63, 3.8) is 0 Å². The third-order valence-corrected chi connectivity index (χ3v) is 3.50. The van der Waals surface area contributed by atoms with Crippen LogP contribution in [0.15, 0.2) is 0 Å². The second-order valence-electron chi connectivity index (χ2n) is 4.71. The standard InChI is InChI=1S/C12H17N3O3/c1-3-18-12(16)11-10-8-6-17-5-7(13-8)4-9(10)15(2)14-11/h7-8,13H,3-6H2,1-2H3/t7-,8-/m1/s1. The maximum atomic E-state index is 11.9. The van der Waals surface area contributed by atoms with Gasteiger partial charge in [-0.25, -0.2) is 4.79 Å². The Morgan fingerprint density at radius 3 is 3.22 bits per heavy atom. The number of ether oxygens (including phenoxy) is 2. The number of aryl methyl sites for hydroxylation is 1. The molecule has 0 aliphatic carbocycles. The van der Waals surface area contributed by atoms with E-state index in [1.807, 2.05) is 7.05 Å². The fourth-order valence-electron chi connectivity index (χ4n) is 2.76. The van der Waals surface area contributed by atoms with Crippen molar-refractivity contribution in [2.24, 2.45) is 7.05 Å². The average Bonchev–Trinajstić information content (AvgIpc) is 2.68. The number of hydrogen-bond acceptors (Lipinski definition) is 5. The summed E-state index contributed by atoms with van der Waals surface area (Å²) in [6.07, 6.45) is 0.842. The monoisotopic (exact) mass is 251 g/mol. The predicted molar refractivity (Wildman–Crippen MR) is 63.4 cm³/mol. The van der Waals surface area contributed by atoms with Crippen molar-refractivity contribution < 1.29 is 14.3 Å². The summed E-state index contributed by atoms with van der Waals surface area (Å²) in [6, 6.07) is 0.377.